The van der Waals surface area contributed by atoms with E-state index in [4.69, 9.17) is 14.2 Å². The largest absolute Gasteiger partial charge is 0.497 e. The number of aromatic nitrogens is 1. The van der Waals surface area contributed by atoms with Crippen molar-refractivity contribution in [3.63, 3.8) is 0 Å². The Morgan fingerprint density at radius 3 is 2.75 bits per heavy atom. The zero-order valence-corrected chi connectivity index (χ0v) is 15.8. The minimum absolute atomic E-state index is 0.136. The summed E-state index contributed by atoms with van der Waals surface area (Å²) in [6.45, 7) is 0.114. The van der Waals surface area contributed by atoms with Gasteiger partial charge < -0.3 is 24.1 Å². The Balaban J connectivity index is 1.72. The Bertz CT molecular complexity index is 923. The molecule has 1 aliphatic rings. The molecule has 1 atom stereocenters. The first-order chi connectivity index (χ1) is 13.5. The summed E-state index contributed by atoms with van der Waals surface area (Å²) in [5, 5.41) is 0. The molecule has 1 amide bonds. The molecule has 2 heterocycles. The molecule has 1 saturated heterocycles. The zero-order valence-electron chi connectivity index (χ0n) is 15.8. The average molecular weight is 386 g/mol. The number of carbonyl (C=O) groups is 2. The van der Waals surface area contributed by atoms with Crippen LogP contribution in [0.4, 0.5) is 0 Å². The first-order valence-electron chi connectivity index (χ1n) is 8.91. The maximum atomic E-state index is 12.7. The molecule has 1 fully saturated rings. The van der Waals surface area contributed by atoms with Crippen LogP contribution in [-0.4, -0.2) is 49.1 Å². The molecular weight excluding hydrogens is 364 g/mol. The van der Waals surface area contributed by atoms with Gasteiger partial charge >= 0.3 is 5.97 Å². The van der Waals surface area contributed by atoms with Gasteiger partial charge in [0, 0.05) is 18.3 Å². The standard InChI is InChI=1S/C20H22N2O6/c1-26-13-7-8-17(27-2)15(11-13)16-6-4-10-22(16)18(23)12-28-20(25)14-5-3-9-21-19(14)24/h3,5,7-9,11,16H,4,6,10,12H2,1-2H3,(H,21,24)/t16-/m1/s1. The normalized spacial score (nSPS) is 15.9. The predicted molar refractivity (Wildman–Crippen MR) is 101 cm³/mol. The van der Waals surface area contributed by atoms with Crippen molar-refractivity contribution in [2.75, 3.05) is 27.4 Å². The topological polar surface area (TPSA) is 97.9 Å². The van der Waals surface area contributed by atoms with Gasteiger partial charge in [-0.05, 0) is 43.2 Å². The van der Waals surface area contributed by atoms with Crippen molar-refractivity contribution < 1.29 is 23.8 Å². The number of esters is 1. The van der Waals surface area contributed by atoms with E-state index in [1.807, 2.05) is 6.07 Å². The van der Waals surface area contributed by atoms with Crippen molar-refractivity contribution >= 4 is 11.9 Å². The van der Waals surface area contributed by atoms with Gasteiger partial charge in [0.05, 0.1) is 20.3 Å². The van der Waals surface area contributed by atoms with Crippen molar-refractivity contribution in [1.29, 1.82) is 0 Å². The van der Waals surface area contributed by atoms with Gasteiger partial charge in [-0.15, -0.1) is 0 Å². The minimum Gasteiger partial charge on any atom is -0.497 e. The van der Waals surface area contributed by atoms with Crippen LogP contribution in [0.1, 0.15) is 34.8 Å². The number of hydrogen-bond donors (Lipinski definition) is 1. The van der Waals surface area contributed by atoms with E-state index in [0.717, 1.165) is 18.4 Å². The summed E-state index contributed by atoms with van der Waals surface area (Å²) in [5.41, 5.74) is 0.154. The maximum absolute atomic E-state index is 12.7. The molecule has 0 unspecified atom stereocenters. The first kappa shape index (κ1) is 19.5. The number of benzene rings is 1. The number of likely N-dealkylation sites (tertiary alicyclic amines) is 1. The van der Waals surface area contributed by atoms with Gasteiger partial charge in [0.25, 0.3) is 11.5 Å². The third-order valence-corrected chi connectivity index (χ3v) is 4.73. The first-order valence-corrected chi connectivity index (χ1v) is 8.91. The molecule has 0 saturated carbocycles. The van der Waals surface area contributed by atoms with Crippen LogP contribution < -0.4 is 15.0 Å². The molecular formula is C20H22N2O6. The minimum atomic E-state index is -0.829. The highest BCUT2D eigenvalue weighted by Crippen LogP contribution is 2.38. The molecule has 1 N–H and O–H groups in total. The van der Waals surface area contributed by atoms with Gasteiger partial charge in [-0.2, -0.15) is 0 Å². The molecule has 0 radical (unpaired) electrons. The Morgan fingerprint density at radius 2 is 2.04 bits per heavy atom. The monoisotopic (exact) mass is 386 g/mol. The highest BCUT2D eigenvalue weighted by molar-refractivity contribution is 5.91. The van der Waals surface area contributed by atoms with E-state index in [2.05, 4.69) is 4.98 Å². The van der Waals surface area contributed by atoms with Crippen molar-refractivity contribution in [3.8, 4) is 11.5 Å². The van der Waals surface area contributed by atoms with E-state index in [1.165, 1.54) is 18.3 Å². The molecule has 1 aliphatic heterocycles. The van der Waals surface area contributed by atoms with E-state index in [-0.39, 0.29) is 17.5 Å². The lowest BCUT2D eigenvalue weighted by Gasteiger charge is -2.26. The summed E-state index contributed by atoms with van der Waals surface area (Å²) in [7, 11) is 3.15. The van der Waals surface area contributed by atoms with Crippen molar-refractivity contribution in [3.05, 3.63) is 58.0 Å². The number of H-pyrrole nitrogens is 1. The van der Waals surface area contributed by atoms with Crippen molar-refractivity contribution in [1.82, 2.24) is 9.88 Å². The van der Waals surface area contributed by atoms with E-state index in [9.17, 15) is 14.4 Å². The maximum Gasteiger partial charge on any atom is 0.344 e. The molecule has 148 valence electrons. The van der Waals surface area contributed by atoms with Crippen LogP contribution in [0.25, 0.3) is 0 Å². The SMILES string of the molecule is COc1ccc(OC)c([C@H]2CCCN2C(=O)COC(=O)c2ccc[nH]c2=O)c1. The van der Waals surface area contributed by atoms with Gasteiger partial charge in [-0.3, -0.25) is 9.59 Å². The number of rotatable bonds is 6. The fraction of sp³-hybridized carbons (Fsp3) is 0.350. The molecule has 0 bridgehead atoms. The van der Waals surface area contributed by atoms with Crippen LogP contribution in [0.15, 0.2) is 41.3 Å². The molecule has 1 aromatic heterocycles. The Labute approximate surface area is 162 Å². The summed E-state index contributed by atoms with van der Waals surface area (Å²) >= 11 is 0. The van der Waals surface area contributed by atoms with Crippen molar-refractivity contribution in [2.45, 2.75) is 18.9 Å². The van der Waals surface area contributed by atoms with Gasteiger partial charge in [0.2, 0.25) is 0 Å². The third kappa shape index (κ3) is 4.00. The molecule has 0 spiro atoms. The van der Waals surface area contributed by atoms with Crippen LogP contribution in [0.2, 0.25) is 0 Å². The zero-order chi connectivity index (χ0) is 20.1. The summed E-state index contributed by atoms with van der Waals surface area (Å²) in [4.78, 5) is 40.5. The number of nitrogens with zero attached hydrogens (tertiary/aromatic N) is 1. The lowest BCUT2D eigenvalue weighted by atomic mass is 10.0. The molecule has 0 aliphatic carbocycles. The fourth-order valence-electron chi connectivity index (χ4n) is 3.36. The van der Waals surface area contributed by atoms with Gasteiger partial charge in [-0.1, -0.05) is 0 Å². The number of hydrogen-bond acceptors (Lipinski definition) is 6. The number of aromatic amines is 1. The predicted octanol–water partition coefficient (Wildman–Crippen LogP) is 1.91. The molecule has 28 heavy (non-hydrogen) atoms. The molecule has 8 heteroatoms. The summed E-state index contributed by atoms with van der Waals surface area (Å²) in [6, 6.07) is 8.12. The number of methoxy groups -OCH3 is 2. The number of amides is 1. The number of pyridine rings is 1. The quantitative estimate of drug-likeness (QED) is 0.762. The average Bonchev–Trinajstić information content (AvgIpc) is 3.21. The van der Waals surface area contributed by atoms with Crippen LogP contribution >= 0.6 is 0 Å². The highest BCUT2D eigenvalue weighted by atomic mass is 16.5. The molecule has 3 rings (SSSR count). The Morgan fingerprint density at radius 1 is 1.21 bits per heavy atom. The highest BCUT2D eigenvalue weighted by Gasteiger charge is 2.32. The fourth-order valence-corrected chi connectivity index (χ4v) is 3.36. The Hall–Kier alpha value is -3.29. The van der Waals surface area contributed by atoms with Crippen LogP contribution in [-0.2, 0) is 9.53 Å². The summed E-state index contributed by atoms with van der Waals surface area (Å²) in [6.07, 6.45) is 3.01. The molecule has 8 nitrogen and oxygen atoms in total. The van der Waals surface area contributed by atoms with Gasteiger partial charge in [0.1, 0.15) is 17.1 Å². The van der Waals surface area contributed by atoms with Gasteiger partial charge in [-0.25, -0.2) is 4.79 Å². The summed E-state index contributed by atoms with van der Waals surface area (Å²) < 4.78 is 15.8. The molecule has 2 aromatic rings. The van der Waals surface area contributed by atoms with Crippen LogP contribution in [0.5, 0.6) is 11.5 Å². The number of carbonyl (C=O) groups excluding carboxylic acids is 2. The van der Waals surface area contributed by atoms with E-state index in [0.29, 0.717) is 18.0 Å². The third-order valence-electron chi connectivity index (χ3n) is 4.73. The second-order valence-corrected chi connectivity index (χ2v) is 6.34. The second-order valence-electron chi connectivity index (χ2n) is 6.34. The molecule has 1 aromatic carbocycles. The number of ether oxygens (including phenoxy) is 3. The van der Waals surface area contributed by atoms with E-state index < -0.39 is 18.1 Å². The lowest BCUT2D eigenvalue weighted by molar-refractivity contribution is -0.135. The van der Waals surface area contributed by atoms with Gasteiger partial charge in [0.15, 0.2) is 6.61 Å². The number of nitrogens with one attached hydrogen (secondary N) is 1. The Kier molecular flexibility index (Phi) is 5.98. The smallest absolute Gasteiger partial charge is 0.344 e. The lowest BCUT2D eigenvalue weighted by Crippen LogP contribution is -2.35. The van der Waals surface area contributed by atoms with E-state index >= 15 is 0 Å². The second kappa shape index (κ2) is 8.60. The van der Waals surface area contributed by atoms with E-state index in [1.54, 1.807) is 31.3 Å². The van der Waals surface area contributed by atoms with Crippen molar-refractivity contribution in [2.24, 2.45) is 0 Å². The summed E-state index contributed by atoms with van der Waals surface area (Å²) in [5.74, 6) is 0.182. The van der Waals surface area contributed by atoms with Crippen LogP contribution in [0, 0.1) is 0 Å². The van der Waals surface area contributed by atoms with Crippen LogP contribution in [0.3, 0.4) is 0 Å².